The van der Waals surface area contributed by atoms with E-state index in [1.54, 1.807) is 6.20 Å². The van der Waals surface area contributed by atoms with Crippen LogP contribution in [-0.4, -0.2) is 45.0 Å². The van der Waals surface area contributed by atoms with Crippen LogP contribution < -0.4 is 16.0 Å². The molecule has 1 aliphatic heterocycles. The Labute approximate surface area is 181 Å². The van der Waals surface area contributed by atoms with Crippen LogP contribution in [0.3, 0.4) is 0 Å². The van der Waals surface area contributed by atoms with Crippen molar-refractivity contribution in [2.24, 2.45) is 11.7 Å². The Morgan fingerprint density at radius 2 is 2.10 bits per heavy atom. The number of amides is 1. The molecule has 0 radical (unpaired) electrons. The molecule has 3 aromatic rings. The molecule has 1 amide bonds. The summed E-state index contributed by atoms with van der Waals surface area (Å²) in [7, 11) is 0. The lowest BCUT2D eigenvalue weighted by Gasteiger charge is -2.61. The van der Waals surface area contributed by atoms with Gasteiger partial charge in [-0.15, -0.1) is 0 Å². The largest absolute Gasteiger partial charge is 0.368 e. The number of nitrogens with two attached hydrogens (primary N) is 1. The van der Waals surface area contributed by atoms with Crippen molar-refractivity contribution in [3.63, 3.8) is 0 Å². The zero-order chi connectivity index (χ0) is 21.4. The summed E-state index contributed by atoms with van der Waals surface area (Å²) < 4.78 is 0. The number of carbonyl (C=O) groups excluding carboxylic acids is 1. The summed E-state index contributed by atoms with van der Waals surface area (Å²) in [5.74, 6) is 1.50. The summed E-state index contributed by atoms with van der Waals surface area (Å²) in [6.45, 7) is 5.62. The van der Waals surface area contributed by atoms with E-state index in [4.69, 9.17) is 10.7 Å². The van der Waals surface area contributed by atoms with E-state index in [1.165, 1.54) is 0 Å². The second kappa shape index (κ2) is 6.29. The number of rotatable bonds is 4. The molecular weight excluding hydrogens is 388 g/mol. The number of aromatic nitrogens is 3. The van der Waals surface area contributed by atoms with E-state index in [-0.39, 0.29) is 17.0 Å². The van der Waals surface area contributed by atoms with Crippen LogP contribution in [0.2, 0.25) is 0 Å². The van der Waals surface area contributed by atoms with Gasteiger partial charge in [0.1, 0.15) is 5.82 Å². The quantitative estimate of drug-likeness (QED) is 0.607. The molecule has 4 N–H and O–H groups in total. The molecule has 4 fully saturated rings. The highest BCUT2D eigenvalue weighted by Gasteiger charge is 2.57. The van der Waals surface area contributed by atoms with Gasteiger partial charge >= 0.3 is 0 Å². The van der Waals surface area contributed by atoms with Gasteiger partial charge in [0, 0.05) is 36.6 Å². The van der Waals surface area contributed by atoms with E-state index in [1.807, 2.05) is 18.3 Å². The molecule has 1 aromatic carbocycles. The zero-order valence-corrected chi connectivity index (χ0v) is 18.0. The second-order valence-electron chi connectivity index (χ2n) is 10.2. The Morgan fingerprint density at radius 3 is 2.74 bits per heavy atom. The number of anilines is 1. The molecule has 2 bridgehead atoms. The van der Waals surface area contributed by atoms with E-state index in [0.29, 0.717) is 12.1 Å². The fourth-order valence-corrected chi connectivity index (χ4v) is 5.55. The van der Waals surface area contributed by atoms with Gasteiger partial charge in [0.15, 0.2) is 0 Å². The fraction of sp³-hybridized carbons (Fsp3) is 0.458. The van der Waals surface area contributed by atoms with Crippen LogP contribution in [0.4, 0.5) is 5.69 Å². The highest BCUT2D eigenvalue weighted by atomic mass is 16.1. The van der Waals surface area contributed by atoms with Gasteiger partial charge in [-0.05, 0) is 57.1 Å². The van der Waals surface area contributed by atoms with Crippen molar-refractivity contribution in [1.82, 2.24) is 20.3 Å². The Morgan fingerprint density at radius 1 is 1.29 bits per heavy atom. The third-order valence-electron chi connectivity index (χ3n) is 7.37. The van der Waals surface area contributed by atoms with Crippen molar-refractivity contribution in [3.8, 4) is 11.4 Å². The number of aryl methyl sites for hydroxylation is 1. The highest BCUT2D eigenvalue weighted by Crippen LogP contribution is 2.57. The van der Waals surface area contributed by atoms with E-state index in [9.17, 15) is 4.79 Å². The molecule has 0 unspecified atom stereocenters. The summed E-state index contributed by atoms with van der Waals surface area (Å²) in [6, 6.07) is 6.10. The summed E-state index contributed by atoms with van der Waals surface area (Å²) in [5, 5.41) is 3.31. The number of para-hydroxylation sites is 1. The summed E-state index contributed by atoms with van der Waals surface area (Å²) in [4.78, 5) is 28.4. The van der Waals surface area contributed by atoms with Crippen molar-refractivity contribution in [1.29, 1.82) is 0 Å². The maximum Gasteiger partial charge on any atom is 0.255 e. The summed E-state index contributed by atoms with van der Waals surface area (Å²) >= 11 is 0. The first-order chi connectivity index (χ1) is 14.8. The van der Waals surface area contributed by atoms with Crippen LogP contribution >= 0.6 is 0 Å². The van der Waals surface area contributed by atoms with Gasteiger partial charge in [-0.25, -0.2) is 4.98 Å². The predicted molar refractivity (Wildman–Crippen MR) is 121 cm³/mol. The number of carbonyl (C=O) groups is 1. The summed E-state index contributed by atoms with van der Waals surface area (Å²) in [5.41, 5.74) is 11.6. The molecule has 7 heteroatoms. The number of nitrogens with one attached hydrogen (secondary N) is 2. The first-order valence-electron chi connectivity index (χ1n) is 11.1. The van der Waals surface area contributed by atoms with Crippen LogP contribution in [0.25, 0.3) is 22.4 Å². The predicted octanol–water partition coefficient (Wildman–Crippen LogP) is 3.14. The van der Waals surface area contributed by atoms with Crippen molar-refractivity contribution in [2.45, 2.75) is 50.6 Å². The minimum Gasteiger partial charge on any atom is -0.368 e. The third kappa shape index (κ3) is 2.94. The molecule has 3 aliphatic carbocycles. The van der Waals surface area contributed by atoms with E-state index in [0.717, 1.165) is 71.8 Å². The van der Waals surface area contributed by atoms with Crippen molar-refractivity contribution >= 4 is 22.6 Å². The number of fused-ring (bicyclic) bond motifs is 1. The minimum atomic E-state index is -0.285. The fourth-order valence-electron chi connectivity index (χ4n) is 5.55. The Balaban J connectivity index is 1.46. The van der Waals surface area contributed by atoms with Crippen LogP contribution in [0.5, 0.6) is 0 Å². The highest BCUT2D eigenvalue weighted by molar-refractivity contribution is 6.03. The maximum absolute atomic E-state index is 13.4. The topological polar surface area (TPSA) is 99.9 Å². The monoisotopic (exact) mass is 416 g/mol. The maximum atomic E-state index is 13.4. The molecule has 4 aliphatic rings. The first-order valence-corrected chi connectivity index (χ1v) is 11.1. The van der Waals surface area contributed by atoms with Gasteiger partial charge in [-0.1, -0.05) is 12.1 Å². The smallest absolute Gasteiger partial charge is 0.255 e. The lowest BCUT2D eigenvalue weighted by atomic mass is 9.50. The van der Waals surface area contributed by atoms with Gasteiger partial charge in [0.25, 0.3) is 5.91 Å². The van der Waals surface area contributed by atoms with E-state index < -0.39 is 0 Å². The number of hydrogen-bond donors (Lipinski definition) is 3. The molecule has 3 heterocycles. The van der Waals surface area contributed by atoms with Crippen LogP contribution in [0, 0.1) is 12.8 Å². The number of nitrogens with zero attached hydrogens (tertiary/aromatic N) is 3. The number of benzene rings is 1. The molecule has 2 aromatic heterocycles. The lowest BCUT2D eigenvalue weighted by Crippen LogP contribution is -2.68. The van der Waals surface area contributed by atoms with Crippen LogP contribution in [0.15, 0.2) is 30.6 Å². The van der Waals surface area contributed by atoms with Crippen LogP contribution in [0.1, 0.15) is 48.5 Å². The number of hydrogen-bond acceptors (Lipinski definition) is 5. The zero-order valence-electron chi connectivity index (χ0n) is 18.0. The number of pyridine rings is 1. The molecule has 1 saturated heterocycles. The average Bonchev–Trinajstić information content (AvgIpc) is 3.27. The van der Waals surface area contributed by atoms with E-state index in [2.05, 4.69) is 40.1 Å². The van der Waals surface area contributed by atoms with Crippen molar-refractivity contribution < 1.29 is 4.79 Å². The van der Waals surface area contributed by atoms with Gasteiger partial charge in [-0.2, -0.15) is 0 Å². The number of H-pyrrole nitrogens is 1. The molecule has 7 nitrogen and oxygen atoms in total. The summed E-state index contributed by atoms with van der Waals surface area (Å²) in [6.07, 6.45) is 7.70. The molecule has 31 heavy (non-hydrogen) atoms. The van der Waals surface area contributed by atoms with Gasteiger partial charge in [-0.3, -0.25) is 9.78 Å². The Bertz CT molecular complexity index is 1190. The minimum absolute atomic E-state index is 0.0128. The Hall–Kier alpha value is -2.93. The molecule has 7 rings (SSSR count). The lowest BCUT2D eigenvalue weighted by molar-refractivity contribution is -0.0438. The Kier molecular flexibility index (Phi) is 3.82. The van der Waals surface area contributed by atoms with Gasteiger partial charge in [0.2, 0.25) is 0 Å². The van der Waals surface area contributed by atoms with E-state index >= 15 is 0 Å². The van der Waals surface area contributed by atoms with Crippen LogP contribution in [-0.2, 0) is 0 Å². The molecular formula is C24H28N6O. The first kappa shape index (κ1) is 18.8. The van der Waals surface area contributed by atoms with Gasteiger partial charge < -0.3 is 20.9 Å². The normalized spacial score (nSPS) is 29.0. The van der Waals surface area contributed by atoms with Crippen molar-refractivity contribution in [3.05, 3.63) is 41.7 Å². The average molecular weight is 417 g/mol. The van der Waals surface area contributed by atoms with Crippen molar-refractivity contribution in [2.75, 3.05) is 18.0 Å². The SMILES string of the molecule is Cc1cccc2[nH]c(-c3cncc(C(=O)NC45CC(C4)C5)c3N3CC[C@](C)(N)C3)nc12. The number of aromatic amines is 1. The second-order valence-corrected chi connectivity index (χ2v) is 10.2. The molecule has 1 atom stereocenters. The standard InChI is InChI=1S/C24H28N6O/c1-14-4-3-5-18-19(14)28-21(27-18)16-11-26-12-17(20(16)30-7-6-23(2,25)13-30)22(31)29-24-8-15(9-24)10-24/h3-5,11-12,15H,6-10,13,25H2,1-2H3,(H,27,28)(H,29,31)/t15?,23-,24?/m0/s1. The van der Waals surface area contributed by atoms with Gasteiger partial charge in [0.05, 0.1) is 27.8 Å². The number of imidazole rings is 1. The molecule has 0 spiro atoms. The molecule has 160 valence electrons. The third-order valence-corrected chi connectivity index (χ3v) is 7.37. The molecule has 3 saturated carbocycles.